The summed E-state index contributed by atoms with van der Waals surface area (Å²) in [4.78, 5) is 0. The van der Waals surface area contributed by atoms with Gasteiger partial charge in [-0.1, -0.05) is 29.8 Å². The van der Waals surface area contributed by atoms with E-state index < -0.39 is 0 Å². The summed E-state index contributed by atoms with van der Waals surface area (Å²) in [6.45, 7) is 2.11. The van der Waals surface area contributed by atoms with Gasteiger partial charge >= 0.3 is 0 Å². The predicted octanol–water partition coefficient (Wildman–Crippen LogP) is 2.23. The Morgan fingerprint density at radius 2 is 1.94 bits per heavy atom. The number of hydrogen-bond donors (Lipinski definition) is 1. The molecule has 2 aromatic rings. The topological polar surface area (TPSA) is 43.8 Å². The molecule has 0 amide bonds. The van der Waals surface area contributed by atoms with E-state index >= 15 is 0 Å². The second-order valence-corrected chi connectivity index (χ2v) is 5.01. The minimum Gasteiger partial charge on any atom is -0.327 e. The van der Waals surface area contributed by atoms with Crippen LogP contribution in [0.2, 0.25) is 0 Å². The quantitative estimate of drug-likeness (QED) is 0.875. The summed E-state index contributed by atoms with van der Waals surface area (Å²) < 4.78 is 1.82. The Bertz CT molecular complexity index is 485. The number of rotatable bonds is 5. The molecule has 0 fully saturated rings. The van der Waals surface area contributed by atoms with Crippen LogP contribution in [0.1, 0.15) is 23.1 Å². The maximum atomic E-state index is 6.16. The van der Waals surface area contributed by atoms with Gasteiger partial charge in [-0.25, -0.2) is 0 Å². The van der Waals surface area contributed by atoms with Crippen LogP contribution < -0.4 is 5.73 Å². The van der Waals surface area contributed by atoms with E-state index in [4.69, 9.17) is 5.73 Å². The molecule has 0 aliphatic rings. The summed E-state index contributed by atoms with van der Waals surface area (Å²) in [5.74, 6) is 0. The SMILES string of the molecule is Cc1ccc(CCC(N)Cc2cnn(C)c2)cc1. The third kappa shape index (κ3) is 3.70. The largest absolute Gasteiger partial charge is 0.327 e. The van der Waals surface area contributed by atoms with E-state index in [0.717, 1.165) is 19.3 Å². The van der Waals surface area contributed by atoms with Gasteiger partial charge in [-0.2, -0.15) is 5.10 Å². The molecule has 2 rings (SSSR count). The molecule has 18 heavy (non-hydrogen) atoms. The van der Waals surface area contributed by atoms with Gasteiger partial charge in [0.15, 0.2) is 0 Å². The molecule has 0 bridgehead atoms. The lowest BCUT2D eigenvalue weighted by molar-refractivity contribution is 0.610. The van der Waals surface area contributed by atoms with Crippen molar-refractivity contribution in [3.05, 3.63) is 53.3 Å². The minimum atomic E-state index is 0.204. The zero-order chi connectivity index (χ0) is 13.0. The Labute approximate surface area is 109 Å². The van der Waals surface area contributed by atoms with E-state index in [1.54, 1.807) is 0 Å². The number of aryl methyl sites for hydroxylation is 3. The van der Waals surface area contributed by atoms with Gasteiger partial charge in [-0.05, 0) is 37.3 Å². The summed E-state index contributed by atoms with van der Waals surface area (Å²) in [6, 6.07) is 8.89. The van der Waals surface area contributed by atoms with Gasteiger partial charge in [-0.15, -0.1) is 0 Å². The Hall–Kier alpha value is -1.61. The highest BCUT2D eigenvalue weighted by atomic mass is 15.2. The van der Waals surface area contributed by atoms with Crippen molar-refractivity contribution in [3.8, 4) is 0 Å². The Kier molecular flexibility index (Phi) is 4.15. The van der Waals surface area contributed by atoms with Crippen molar-refractivity contribution < 1.29 is 0 Å². The van der Waals surface area contributed by atoms with Crippen LogP contribution in [0.4, 0.5) is 0 Å². The molecule has 1 heterocycles. The molecular weight excluding hydrogens is 222 g/mol. The van der Waals surface area contributed by atoms with Crippen LogP contribution in [0.5, 0.6) is 0 Å². The fourth-order valence-electron chi connectivity index (χ4n) is 2.09. The van der Waals surface area contributed by atoms with Crippen molar-refractivity contribution in [2.75, 3.05) is 0 Å². The summed E-state index contributed by atoms with van der Waals surface area (Å²) in [6.07, 6.45) is 6.89. The van der Waals surface area contributed by atoms with E-state index in [0.29, 0.717) is 0 Å². The van der Waals surface area contributed by atoms with Crippen molar-refractivity contribution in [2.24, 2.45) is 12.8 Å². The molecule has 0 aliphatic heterocycles. The second kappa shape index (κ2) is 5.83. The van der Waals surface area contributed by atoms with Gasteiger partial charge in [0.1, 0.15) is 0 Å². The van der Waals surface area contributed by atoms with Gasteiger partial charge in [0.2, 0.25) is 0 Å². The zero-order valence-electron chi connectivity index (χ0n) is 11.1. The summed E-state index contributed by atoms with van der Waals surface area (Å²) in [7, 11) is 1.93. The molecule has 0 saturated carbocycles. The highest BCUT2D eigenvalue weighted by Crippen LogP contribution is 2.09. The fourth-order valence-corrected chi connectivity index (χ4v) is 2.09. The van der Waals surface area contributed by atoms with Crippen LogP contribution in [-0.2, 0) is 19.9 Å². The first-order chi connectivity index (χ1) is 8.63. The highest BCUT2D eigenvalue weighted by molar-refractivity contribution is 5.21. The van der Waals surface area contributed by atoms with E-state index in [-0.39, 0.29) is 6.04 Å². The van der Waals surface area contributed by atoms with E-state index in [1.807, 2.05) is 24.1 Å². The maximum Gasteiger partial charge on any atom is 0.0522 e. The molecule has 1 unspecified atom stereocenters. The predicted molar refractivity (Wildman–Crippen MR) is 74.4 cm³/mol. The Balaban J connectivity index is 1.81. The first kappa shape index (κ1) is 12.8. The van der Waals surface area contributed by atoms with Crippen molar-refractivity contribution in [1.82, 2.24) is 9.78 Å². The normalized spacial score (nSPS) is 12.6. The van der Waals surface area contributed by atoms with E-state index in [1.165, 1.54) is 16.7 Å². The summed E-state index contributed by atoms with van der Waals surface area (Å²) in [5.41, 5.74) is 10.0. The molecular formula is C15H21N3. The third-order valence-electron chi connectivity index (χ3n) is 3.18. The van der Waals surface area contributed by atoms with Gasteiger partial charge in [0.25, 0.3) is 0 Å². The lowest BCUT2D eigenvalue weighted by atomic mass is 10.0. The Morgan fingerprint density at radius 3 is 2.56 bits per heavy atom. The van der Waals surface area contributed by atoms with Gasteiger partial charge < -0.3 is 5.73 Å². The van der Waals surface area contributed by atoms with Crippen LogP contribution in [0, 0.1) is 6.92 Å². The van der Waals surface area contributed by atoms with Gasteiger partial charge in [0.05, 0.1) is 6.20 Å². The number of aromatic nitrogens is 2. The summed E-state index contributed by atoms with van der Waals surface area (Å²) in [5, 5.41) is 4.16. The molecule has 0 radical (unpaired) electrons. The van der Waals surface area contributed by atoms with Crippen molar-refractivity contribution >= 4 is 0 Å². The second-order valence-electron chi connectivity index (χ2n) is 5.01. The lowest BCUT2D eigenvalue weighted by Gasteiger charge is -2.10. The smallest absolute Gasteiger partial charge is 0.0522 e. The maximum absolute atomic E-state index is 6.16. The number of benzene rings is 1. The van der Waals surface area contributed by atoms with Gasteiger partial charge in [0, 0.05) is 19.3 Å². The van der Waals surface area contributed by atoms with Crippen LogP contribution >= 0.6 is 0 Å². The van der Waals surface area contributed by atoms with Gasteiger partial charge in [-0.3, -0.25) is 4.68 Å². The zero-order valence-corrected chi connectivity index (χ0v) is 11.1. The monoisotopic (exact) mass is 243 g/mol. The molecule has 0 aliphatic carbocycles. The average Bonchev–Trinajstić information content (AvgIpc) is 2.74. The lowest BCUT2D eigenvalue weighted by Crippen LogP contribution is -2.23. The number of nitrogens with zero attached hydrogens (tertiary/aromatic N) is 2. The molecule has 0 saturated heterocycles. The molecule has 2 N–H and O–H groups in total. The van der Waals surface area contributed by atoms with Crippen LogP contribution in [0.3, 0.4) is 0 Å². The van der Waals surface area contributed by atoms with Crippen LogP contribution in [0.15, 0.2) is 36.7 Å². The molecule has 1 atom stereocenters. The van der Waals surface area contributed by atoms with Crippen LogP contribution in [-0.4, -0.2) is 15.8 Å². The average molecular weight is 243 g/mol. The molecule has 96 valence electrons. The molecule has 0 spiro atoms. The number of nitrogens with two attached hydrogens (primary N) is 1. The highest BCUT2D eigenvalue weighted by Gasteiger charge is 2.06. The van der Waals surface area contributed by atoms with Crippen molar-refractivity contribution in [1.29, 1.82) is 0 Å². The van der Waals surface area contributed by atoms with E-state index in [2.05, 4.69) is 36.3 Å². The molecule has 1 aromatic carbocycles. The molecule has 1 aromatic heterocycles. The standard InChI is InChI=1S/C15H21N3/c1-12-3-5-13(6-4-12)7-8-15(16)9-14-10-17-18(2)11-14/h3-6,10-11,15H,7-9,16H2,1-2H3. The van der Waals surface area contributed by atoms with E-state index in [9.17, 15) is 0 Å². The molecule has 3 nitrogen and oxygen atoms in total. The fraction of sp³-hybridized carbons (Fsp3) is 0.400. The number of hydrogen-bond acceptors (Lipinski definition) is 2. The first-order valence-electron chi connectivity index (χ1n) is 6.42. The molecule has 3 heteroatoms. The first-order valence-corrected chi connectivity index (χ1v) is 6.42. The Morgan fingerprint density at radius 1 is 1.22 bits per heavy atom. The minimum absolute atomic E-state index is 0.204. The van der Waals surface area contributed by atoms with Crippen molar-refractivity contribution in [2.45, 2.75) is 32.2 Å². The summed E-state index contributed by atoms with van der Waals surface area (Å²) >= 11 is 0. The third-order valence-corrected chi connectivity index (χ3v) is 3.18. The van der Waals surface area contributed by atoms with Crippen molar-refractivity contribution in [3.63, 3.8) is 0 Å². The van der Waals surface area contributed by atoms with Crippen LogP contribution in [0.25, 0.3) is 0 Å².